The molecule has 2 rings (SSSR count). The van der Waals surface area contributed by atoms with Crippen LogP contribution in [0.25, 0.3) is 0 Å². The third-order valence-corrected chi connectivity index (χ3v) is 5.97. The second-order valence-corrected chi connectivity index (χ2v) is 9.19. The molecule has 0 radical (unpaired) electrons. The van der Waals surface area contributed by atoms with E-state index >= 15 is 0 Å². The zero-order chi connectivity index (χ0) is 21.8. The van der Waals surface area contributed by atoms with Crippen LogP contribution in [-0.2, 0) is 16.5 Å². The SMILES string of the molecule is CCCCCCCCCCCCc1cc(Oc2ccccc2[O-])cc(S(=O)(=O)O)c1.[K+]. The van der Waals surface area contributed by atoms with Gasteiger partial charge in [0.25, 0.3) is 10.1 Å². The van der Waals surface area contributed by atoms with Crippen LogP contribution >= 0.6 is 0 Å². The summed E-state index contributed by atoms with van der Waals surface area (Å²) in [4.78, 5) is -0.217. The van der Waals surface area contributed by atoms with Crippen molar-refractivity contribution in [1.82, 2.24) is 0 Å². The Balaban J connectivity index is 0.00000480. The molecule has 0 unspecified atom stereocenters. The van der Waals surface area contributed by atoms with Crippen molar-refractivity contribution in [1.29, 1.82) is 0 Å². The average molecular weight is 473 g/mol. The summed E-state index contributed by atoms with van der Waals surface area (Å²) in [6, 6.07) is 10.6. The number of unbranched alkanes of at least 4 members (excludes halogenated alkanes) is 9. The van der Waals surface area contributed by atoms with E-state index in [1.54, 1.807) is 18.2 Å². The monoisotopic (exact) mass is 472 g/mol. The van der Waals surface area contributed by atoms with E-state index < -0.39 is 10.1 Å². The number of rotatable bonds is 14. The van der Waals surface area contributed by atoms with Gasteiger partial charge >= 0.3 is 51.4 Å². The molecular weight excluding hydrogens is 439 g/mol. The van der Waals surface area contributed by atoms with E-state index in [1.165, 1.54) is 75.6 Å². The van der Waals surface area contributed by atoms with Crippen LogP contribution in [0, 0.1) is 0 Å². The van der Waals surface area contributed by atoms with E-state index in [1.807, 2.05) is 0 Å². The van der Waals surface area contributed by atoms with Gasteiger partial charge in [-0.1, -0.05) is 88.7 Å². The molecule has 0 aliphatic carbocycles. The normalized spacial score (nSPS) is 11.2. The predicted molar refractivity (Wildman–Crippen MR) is 118 cm³/mol. The molecule has 0 fully saturated rings. The first-order valence-electron chi connectivity index (χ1n) is 11.0. The molecule has 5 nitrogen and oxygen atoms in total. The Morgan fingerprint density at radius 3 is 2.03 bits per heavy atom. The number of benzene rings is 2. The molecule has 1 N–H and O–H groups in total. The third kappa shape index (κ3) is 11.3. The summed E-state index contributed by atoms with van der Waals surface area (Å²) in [5, 5.41) is 11.9. The van der Waals surface area contributed by atoms with Gasteiger partial charge in [-0.2, -0.15) is 8.42 Å². The molecular formula is C24H33KO5S. The summed E-state index contributed by atoms with van der Waals surface area (Å²) in [6.45, 7) is 2.23. The average Bonchev–Trinajstić information content (AvgIpc) is 2.70. The minimum Gasteiger partial charge on any atom is -0.870 e. The van der Waals surface area contributed by atoms with Gasteiger partial charge in [0.1, 0.15) is 11.5 Å². The van der Waals surface area contributed by atoms with Gasteiger partial charge in [-0.15, -0.1) is 0 Å². The smallest absolute Gasteiger partial charge is 0.870 e. The largest absolute Gasteiger partial charge is 1.00 e. The van der Waals surface area contributed by atoms with Gasteiger partial charge in [-0.25, -0.2) is 0 Å². The Labute approximate surface area is 229 Å². The van der Waals surface area contributed by atoms with Crippen LogP contribution < -0.4 is 61.2 Å². The van der Waals surface area contributed by atoms with E-state index in [0.717, 1.165) is 18.4 Å². The predicted octanol–water partition coefficient (Wildman–Crippen LogP) is 3.27. The van der Waals surface area contributed by atoms with Gasteiger partial charge in [-0.3, -0.25) is 4.55 Å². The van der Waals surface area contributed by atoms with E-state index in [2.05, 4.69) is 6.92 Å². The number of hydrogen-bond acceptors (Lipinski definition) is 4. The van der Waals surface area contributed by atoms with Crippen LogP contribution in [0.5, 0.6) is 17.2 Å². The standard InChI is InChI=1S/C24H34O5S.K/c1-2-3-4-5-6-7-8-9-10-11-14-20-17-21(19-22(18-20)30(26,27)28)29-24-16-13-12-15-23(24)25;/h12-13,15-19,25H,2-11,14H2,1H3,(H,26,27,28);/q;+1/p-1. The topological polar surface area (TPSA) is 86.7 Å². The van der Waals surface area contributed by atoms with Crippen molar-refractivity contribution >= 4 is 10.1 Å². The molecule has 0 saturated heterocycles. The van der Waals surface area contributed by atoms with Crippen LogP contribution in [0.2, 0.25) is 0 Å². The summed E-state index contributed by atoms with van der Waals surface area (Å²) in [5.74, 6) is 0.0661. The summed E-state index contributed by atoms with van der Waals surface area (Å²) >= 11 is 0. The van der Waals surface area contributed by atoms with Crippen molar-refractivity contribution in [3.05, 3.63) is 48.0 Å². The van der Waals surface area contributed by atoms with Gasteiger partial charge in [0.2, 0.25) is 0 Å². The van der Waals surface area contributed by atoms with E-state index in [4.69, 9.17) is 4.74 Å². The maximum absolute atomic E-state index is 11.9. The van der Waals surface area contributed by atoms with E-state index in [-0.39, 0.29) is 73.5 Å². The Hall–Kier alpha value is -0.414. The Kier molecular flexibility index (Phi) is 14.2. The summed E-state index contributed by atoms with van der Waals surface area (Å²) in [6.07, 6.45) is 12.9. The molecule has 0 aliphatic rings. The third-order valence-electron chi connectivity index (χ3n) is 5.13. The van der Waals surface area contributed by atoms with Crippen molar-refractivity contribution in [2.75, 3.05) is 0 Å². The number of aryl methyl sites for hydroxylation is 1. The molecule has 166 valence electrons. The van der Waals surface area contributed by atoms with Crippen molar-refractivity contribution in [3.8, 4) is 17.2 Å². The molecule has 2 aromatic rings. The van der Waals surface area contributed by atoms with Gasteiger partial charge in [0.05, 0.1) is 4.90 Å². The zero-order valence-electron chi connectivity index (χ0n) is 18.8. The molecule has 0 aromatic heterocycles. The molecule has 0 aliphatic heterocycles. The minimum absolute atomic E-state index is 0. The molecule has 0 saturated carbocycles. The van der Waals surface area contributed by atoms with Crippen molar-refractivity contribution in [2.24, 2.45) is 0 Å². The quantitative estimate of drug-likeness (QED) is 0.259. The fraction of sp³-hybridized carbons (Fsp3) is 0.500. The van der Waals surface area contributed by atoms with Crippen molar-refractivity contribution in [3.63, 3.8) is 0 Å². The van der Waals surface area contributed by atoms with Crippen LogP contribution in [-0.4, -0.2) is 13.0 Å². The molecule has 0 spiro atoms. The summed E-state index contributed by atoms with van der Waals surface area (Å²) < 4.78 is 38.3. The second kappa shape index (κ2) is 15.4. The first kappa shape index (κ1) is 28.6. The van der Waals surface area contributed by atoms with Crippen LogP contribution in [0.3, 0.4) is 0 Å². The van der Waals surface area contributed by atoms with Gasteiger partial charge < -0.3 is 9.84 Å². The Bertz CT molecular complexity index is 883. The van der Waals surface area contributed by atoms with Gasteiger partial charge in [-0.05, 0) is 36.6 Å². The zero-order valence-corrected chi connectivity index (χ0v) is 22.7. The molecule has 0 heterocycles. The van der Waals surface area contributed by atoms with Crippen LogP contribution in [0.4, 0.5) is 0 Å². The van der Waals surface area contributed by atoms with Gasteiger partial charge in [0.15, 0.2) is 0 Å². The van der Waals surface area contributed by atoms with E-state index in [9.17, 15) is 18.1 Å². The maximum Gasteiger partial charge on any atom is 1.00 e. The first-order chi connectivity index (χ1) is 14.4. The first-order valence-corrected chi connectivity index (χ1v) is 12.4. The van der Waals surface area contributed by atoms with Crippen molar-refractivity contribution in [2.45, 2.75) is 82.4 Å². The Morgan fingerprint density at radius 1 is 0.871 bits per heavy atom. The number of ether oxygens (including phenoxy) is 1. The Morgan fingerprint density at radius 2 is 1.45 bits per heavy atom. The molecule has 7 heteroatoms. The molecule has 0 amide bonds. The van der Waals surface area contributed by atoms with E-state index in [0.29, 0.717) is 6.42 Å². The molecule has 2 aromatic carbocycles. The fourth-order valence-corrected chi connectivity index (χ4v) is 4.03. The number of para-hydroxylation sites is 2. The maximum atomic E-state index is 11.9. The second-order valence-electron chi connectivity index (χ2n) is 7.77. The summed E-state index contributed by atoms with van der Waals surface area (Å²) in [7, 11) is -4.36. The van der Waals surface area contributed by atoms with Gasteiger partial charge in [0, 0.05) is 6.07 Å². The molecule has 0 bridgehead atoms. The fourth-order valence-electron chi connectivity index (χ4n) is 3.46. The summed E-state index contributed by atoms with van der Waals surface area (Å²) in [5.41, 5.74) is 0.767. The van der Waals surface area contributed by atoms with Crippen LogP contribution in [0.15, 0.2) is 47.4 Å². The molecule has 31 heavy (non-hydrogen) atoms. The van der Waals surface area contributed by atoms with Crippen LogP contribution in [0.1, 0.15) is 76.7 Å². The number of hydrogen-bond donors (Lipinski definition) is 1. The minimum atomic E-state index is -4.36. The van der Waals surface area contributed by atoms with Crippen molar-refractivity contribution < 1.29 is 74.2 Å². The molecule has 0 atom stereocenters.